The molecule has 23 heavy (non-hydrogen) atoms. The van der Waals surface area contributed by atoms with Gasteiger partial charge in [-0.3, -0.25) is 9.59 Å². The third-order valence-corrected chi connectivity index (χ3v) is 3.23. The number of carbonyl (C=O) groups is 2. The maximum Gasteiger partial charge on any atom is 0.313 e. The van der Waals surface area contributed by atoms with Crippen molar-refractivity contribution in [3.63, 3.8) is 0 Å². The number of hydrogen-bond donors (Lipinski definition) is 3. The summed E-state index contributed by atoms with van der Waals surface area (Å²) in [6, 6.07) is 7.35. The first-order valence-corrected chi connectivity index (χ1v) is 7.75. The molecular weight excluding hydrogens is 298 g/mol. The van der Waals surface area contributed by atoms with Crippen LogP contribution >= 0.6 is 0 Å². The second-order valence-electron chi connectivity index (χ2n) is 4.77. The van der Waals surface area contributed by atoms with Crippen LogP contribution in [0.2, 0.25) is 0 Å². The summed E-state index contributed by atoms with van der Waals surface area (Å²) in [6.07, 6.45) is 0. The lowest BCUT2D eigenvalue weighted by Crippen LogP contribution is -2.37. The molecule has 0 saturated heterocycles. The minimum absolute atomic E-state index is 0.0715. The predicted octanol–water partition coefficient (Wildman–Crippen LogP) is 0.596. The minimum atomic E-state index is -0.720. The van der Waals surface area contributed by atoms with Gasteiger partial charge in [0.2, 0.25) is 0 Å². The van der Waals surface area contributed by atoms with Crippen LogP contribution in [0.25, 0.3) is 0 Å². The van der Waals surface area contributed by atoms with E-state index in [4.69, 9.17) is 9.84 Å². The number of nitrogens with zero attached hydrogens (tertiary/aromatic N) is 1. The van der Waals surface area contributed by atoms with Crippen molar-refractivity contribution >= 4 is 23.2 Å². The maximum atomic E-state index is 11.7. The number of hydrogen-bond acceptors (Lipinski definition) is 5. The fourth-order valence-corrected chi connectivity index (χ4v) is 2.02. The molecule has 0 heterocycles. The van der Waals surface area contributed by atoms with Gasteiger partial charge in [-0.05, 0) is 38.1 Å². The Balaban J connectivity index is 2.42. The van der Waals surface area contributed by atoms with E-state index in [2.05, 4.69) is 29.4 Å². The Labute approximate surface area is 136 Å². The molecule has 1 rings (SSSR count). The largest absolute Gasteiger partial charge is 0.394 e. The van der Waals surface area contributed by atoms with Crippen LogP contribution in [-0.2, 0) is 14.3 Å². The second kappa shape index (κ2) is 10.6. The fraction of sp³-hybridized carbons (Fsp3) is 0.500. The highest BCUT2D eigenvalue weighted by Gasteiger charge is 2.13. The predicted molar refractivity (Wildman–Crippen MR) is 89.5 cm³/mol. The van der Waals surface area contributed by atoms with E-state index in [1.165, 1.54) is 0 Å². The molecule has 0 atom stereocenters. The lowest BCUT2D eigenvalue weighted by molar-refractivity contribution is -0.136. The van der Waals surface area contributed by atoms with Gasteiger partial charge in [0.15, 0.2) is 0 Å². The Morgan fingerprint density at radius 2 is 1.74 bits per heavy atom. The maximum absolute atomic E-state index is 11.7. The van der Waals surface area contributed by atoms with E-state index in [0.717, 1.165) is 18.8 Å². The molecule has 0 aliphatic heterocycles. The van der Waals surface area contributed by atoms with Gasteiger partial charge in [-0.2, -0.15) is 0 Å². The van der Waals surface area contributed by atoms with E-state index in [0.29, 0.717) is 5.69 Å². The number of carbonyl (C=O) groups excluding carboxylic acids is 2. The van der Waals surface area contributed by atoms with Crippen molar-refractivity contribution in [2.24, 2.45) is 0 Å². The molecule has 0 radical (unpaired) electrons. The monoisotopic (exact) mass is 323 g/mol. The van der Waals surface area contributed by atoms with Gasteiger partial charge in [0, 0.05) is 31.0 Å². The summed E-state index contributed by atoms with van der Waals surface area (Å²) in [5.41, 5.74) is 1.64. The van der Waals surface area contributed by atoms with E-state index < -0.39 is 11.8 Å². The third kappa shape index (κ3) is 6.66. The summed E-state index contributed by atoms with van der Waals surface area (Å²) in [5.74, 6) is -1.44. The van der Waals surface area contributed by atoms with Crippen molar-refractivity contribution in [1.82, 2.24) is 5.32 Å². The number of aliphatic hydroxyl groups is 1. The van der Waals surface area contributed by atoms with Crippen molar-refractivity contribution < 1.29 is 19.4 Å². The number of aliphatic hydroxyl groups excluding tert-OH is 1. The van der Waals surface area contributed by atoms with E-state index in [9.17, 15) is 9.59 Å². The van der Waals surface area contributed by atoms with Crippen LogP contribution in [0, 0.1) is 0 Å². The lowest BCUT2D eigenvalue weighted by atomic mass is 10.2. The molecule has 0 bridgehead atoms. The quantitative estimate of drug-likeness (QED) is 0.457. The van der Waals surface area contributed by atoms with E-state index in [1.54, 1.807) is 12.1 Å². The van der Waals surface area contributed by atoms with Gasteiger partial charge in [-0.15, -0.1) is 0 Å². The number of anilines is 2. The van der Waals surface area contributed by atoms with Gasteiger partial charge in [-0.25, -0.2) is 0 Å². The molecule has 128 valence electrons. The third-order valence-electron chi connectivity index (χ3n) is 3.23. The zero-order valence-electron chi connectivity index (χ0n) is 13.7. The SMILES string of the molecule is CCN(CC)c1ccc(NC(=O)C(=O)NCCOCCO)cc1. The Bertz CT molecular complexity index is 487. The molecule has 0 aliphatic rings. The van der Waals surface area contributed by atoms with Crippen LogP contribution in [0.3, 0.4) is 0 Å². The standard InChI is InChI=1S/C16H25N3O4/c1-3-19(4-2)14-7-5-13(6-8-14)18-16(22)15(21)17-9-11-23-12-10-20/h5-8,20H,3-4,9-12H2,1-2H3,(H,17,21)(H,18,22). The number of benzene rings is 1. The van der Waals surface area contributed by atoms with Gasteiger partial charge in [0.05, 0.1) is 19.8 Å². The highest BCUT2D eigenvalue weighted by molar-refractivity contribution is 6.39. The Kier molecular flexibility index (Phi) is 8.71. The fourth-order valence-electron chi connectivity index (χ4n) is 2.02. The summed E-state index contributed by atoms with van der Waals surface area (Å²) in [4.78, 5) is 25.5. The highest BCUT2D eigenvalue weighted by atomic mass is 16.5. The van der Waals surface area contributed by atoms with Crippen molar-refractivity contribution in [2.75, 3.05) is 49.7 Å². The van der Waals surface area contributed by atoms with Gasteiger partial charge in [0.1, 0.15) is 0 Å². The molecule has 0 fully saturated rings. The average Bonchev–Trinajstić information content (AvgIpc) is 2.57. The zero-order chi connectivity index (χ0) is 17.1. The van der Waals surface area contributed by atoms with Crippen molar-refractivity contribution in [3.05, 3.63) is 24.3 Å². The molecule has 7 nitrogen and oxygen atoms in total. The van der Waals surface area contributed by atoms with Gasteiger partial charge < -0.3 is 25.4 Å². The molecule has 1 aromatic carbocycles. The van der Waals surface area contributed by atoms with Crippen LogP contribution in [0.15, 0.2) is 24.3 Å². The van der Waals surface area contributed by atoms with Gasteiger partial charge in [-0.1, -0.05) is 0 Å². The minimum Gasteiger partial charge on any atom is -0.394 e. The Hall–Kier alpha value is -2.12. The van der Waals surface area contributed by atoms with Crippen LogP contribution in [0.1, 0.15) is 13.8 Å². The van der Waals surface area contributed by atoms with Gasteiger partial charge >= 0.3 is 11.8 Å². The summed E-state index contributed by atoms with van der Waals surface area (Å²) >= 11 is 0. The second-order valence-corrected chi connectivity index (χ2v) is 4.77. The Morgan fingerprint density at radius 3 is 2.30 bits per heavy atom. The molecule has 3 N–H and O–H groups in total. The number of rotatable bonds is 9. The summed E-state index contributed by atoms with van der Waals surface area (Å²) in [5, 5.41) is 13.5. The molecule has 1 aromatic rings. The van der Waals surface area contributed by atoms with Crippen LogP contribution in [0.4, 0.5) is 11.4 Å². The summed E-state index contributed by atoms with van der Waals surface area (Å²) < 4.78 is 4.99. The van der Waals surface area contributed by atoms with Crippen molar-refractivity contribution in [2.45, 2.75) is 13.8 Å². The van der Waals surface area contributed by atoms with E-state index in [-0.39, 0.29) is 26.4 Å². The van der Waals surface area contributed by atoms with E-state index in [1.807, 2.05) is 12.1 Å². The summed E-state index contributed by atoms with van der Waals surface area (Å²) in [6.45, 7) is 6.57. The lowest BCUT2D eigenvalue weighted by Gasteiger charge is -2.21. The number of ether oxygens (including phenoxy) is 1. The molecule has 0 saturated carbocycles. The van der Waals surface area contributed by atoms with Crippen LogP contribution in [0.5, 0.6) is 0 Å². The first-order valence-electron chi connectivity index (χ1n) is 7.75. The molecular formula is C16H25N3O4. The first kappa shape index (κ1) is 18.9. The molecule has 7 heteroatoms. The number of nitrogens with one attached hydrogen (secondary N) is 2. The smallest absolute Gasteiger partial charge is 0.313 e. The zero-order valence-corrected chi connectivity index (χ0v) is 13.7. The van der Waals surface area contributed by atoms with Crippen LogP contribution < -0.4 is 15.5 Å². The molecule has 0 aromatic heterocycles. The summed E-state index contributed by atoms with van der Waals surface area (Å²) in [7, 11) is 0. The first-order chi connectivity index (χ1) is 11.1. The Morgan fingerprint density at radius 1 is 1.09 bits per heavy atom. The topological polar surface area (TPSA) is 90.9 Å². The molecule has 0 aliphatic carbocycles. The number of amides is 2. The molecule has 0 spiro atoms. The van der Waals surface area contributed by atoms with Crippen LogP contribution in [-0.4, -0.2) is 56.4 Å². The van der Waals surface area contributed by atoms with Crippen molar-refractivity contribution in [3.8, 4) is 0 Å². The molecule has 0 unspecified atom stereocenters. The highest BCUT2D eigenvalue weighted by Crippen LogP contribution is 2.17. The van der Waals surface area contributed by atoms with Crippen molar-refractivity contribution in [1.29, 1.82) is 0 Å². The molecule has 2 amide bonds. The normalized spacial score (nSPS) is 10.2. The van der Waals surface area contributed by atoms with Gasteiger partial charge in [0.25, 0.3) is 0 Å². The van der Waals surface area contributed by atoms with E-state index >= 15 is 0 Å². The average molecular weight is 323 g/mol.